The summed E-state index contributed by atoms with van der Waals surface area (Å²) in [5.41, 5.74) is 1.93. The van der Waals surface area contributed by atoms with E-state index in [2.05, 4.69) is 29.2 Å². The molecule has 4 rings (SSSR count). The molecule has 3 aromatic carbocycles. The van der Waals surface area contributed by atoms with Gasteiger partial charge in [0.15, 0.2) is 5.78 Å². The van der Waals surface area contributed by atoms with Crippen molar-refractivity contribution in [1.29, 1.82) is 0 Å². The van der Waals surface area contributed by atoms with Crippen LogP contribution in [0.4, 0.5) is 0 Å². The predicted molar refractivity (Wildman–Crippen MR) is 123 cm³/mol. The SMILES string of the molecule is COc1cccc(C(=O)C(C)N2CC[C@H](Oc3ccccc3)[C@@H](c3ccccc3)C2)c1. The smallest absolute Gasteiger partial charge is 0.179 e. The molecule has 0 saturated carbocycles. The molecule has 0 N–H and O–H groups in total. The van der Waals surface area contributed by atoms with Gasteiger partial charge in [-0.3, -0.25) is 9.69 Å². The number of carbonyl (C=O) groups is 1. The molecule has 3 atom stereocenters. The third-order valence-electron chi connectivity index (χ3n) is 6.12. The van der Waals surface area contributed by atoms with E-state index >= 15 is 0 Å². The van der Waals surface area contributed by atoms with Gasteiger partial charge in [-0.25, -0.2) is 0 Å². The van der Waals surface area contributed by atoms with Crippen molar-refractivity contribution < 1.29 is 14.3 Å². The topological polar surface area (TPSA) is 38.8 Å². The molecule has 1 aliphatic heterocycles. The number of benzene rings is 3. The van der Waals surface area contributed by atoms with E-state index in [-0.39, 0.29) is 23.8 Å². The van der Waals surface area contributed by atoms with Crippen LogP contribution in [0.25, 0.3) is 0 Å². The first-order valence-electron chi connectivity index (χ1n) is 10.8. The number of para-hydroxylation sites is 1. The van der Waals surface area contributed by atoms with Crippen molar-refractivity contribution in [2.45, 2.75) is 31.4 Å². The summed E-state index contributed by atoms with van der Waals surface area (Å²) in [5.74, 6) is 1.90. The maximum absolute atomic E-state index is 13.2. The van der Waals surface area contributed by atoms with Crippen LogP contribution >= 0.6 is 0 Å². The minimum Gasteiger partial charge on any atom is -0.497 e. The molecule has 0 amide bonds. The molecule has 160 valence electrons. The second kappa shape index (κ2) is 9.80. The summed E-state index contributed by atoms with van der Waals surface area (Å²) in [7, 11) is 1.62. The number of nitrogens with zero attached hydrogens (tertiary/aromatic N) is 1. The lowest BCUT2D eigenvalue weighted by Gasteiger charge is -2.41. The Hall–Kier alpha value is -3.11. The minimum absolute atomic E-state index is 0.0696. The van der Waals surface area contributed by atoms with Crippen LogP contribution in [0.15, 0.2) is 84.9 Å². The van der Waals surface area contributed by atoms with Gasteiger partial charge in [0.2, 0.25) is 0 Å². The zero-order valence-electron chi connectivity index (χ0n) is 18.1. The first-order valence-corrected chi connectivity index (χ1v) is 10.8. The number of methoxy groups -OCH3 is 1. The van der Waals surface area contributed by atoms with Crippen LogP contribution < -0.4 is 9.47 Å². The zero-order valence-corrected chi connectivity index (χ0v) is 18.1. The van der Waals surface area contributed by atoms with Gasteiger partial charge in [-0.1, -0.05) is 60.7 Å². The summed E-state index contributed by atoms with van der Waals surface area (Å²) >= 11 is 0. The summed E-state index contributed by atoms with van der Waals surface area (Å²) in [6.07, 6.45) is 0.935. The van der Waals surface area contributed by atoms with E-state index in [4.69, 9.17) is 9.47 Å². The number of likely N-dealkylation sites (tertiary alicyclic amines) is 1. The molecule has 1 saturated heterocycles. The largest absolute Gasteiger partial charge is 0.497 e. The fourth-order valence-electron chi connectivity index (χ4n) is 4.33. The van der Waals surface area contributed by atoms with E-state index in [9.17, 15) is 4.79 Å². The minimum atomic E-state index is -0.212. The molecule has 31 heavy (non-hydrogen) atoms. The highest BCUT2D eigenvalue weighted by atomic mass is 16.5. The fraction of sp³-hybridized carbons (Fsp3) is 0.296. The van der Waals surface area contributed by atoms with Crippen LogP contribution in [0.3, 0.4) is 0 Å². The maximum Gasteiger partial charge on any atom is 0.179 e. The van der Waals surface area contributed by atoms with Gasteiger partial charge >= 0.3 is 0 Å². The standard InChI is InChI=1S/C27H29NO3/c1-20(27(29)22-12-9-15-24(18-22)30-2)28-17-16-26(31-23-13-7-4-8-14-23)25(19-28)21-10-5-3-6-11-21/h3-15,18,20,25-26H,16-17,19H2,1-2H3/t20?,25-,26+/m1/s1. The van der Waals surface area contributed by atoms with Crippen LogP contribution in [-0.2, 0) is 0 Å². The molecule has 0 radical (unpaired) electrons. The summed E-state index contributed by atoms with van der Waals surface area (Å²) in [6.45, 7) is 3.60. The van der Waals surface area contributed by atoms with Gasteiger partial charge in [-0.05, 0) is 43.2 Å². The van der Waals surface area contributed by atoms with E-state index in [0.717, 1.165) is 25.3 Å². The highest BCUT2D eigenvalue weighted by molar-refractivity contribution is 6.00. The van der Waals surface area contributed by atoms with Crippen molar-refractivity contribution in [1.82, 2.24) is 4.90 Å². The van der Waals surface area contributed by atoms with E-state index < -0.39 is 0 Å². The molecule has 0 aliphatic carbocycles. The number of hydrogen-bond donors (Lipinski definition) is 0. The fourth-order valence-corrected chi connectivity index (χ4v) is 4.33. The molecule has 1 aliphatic rings. The molecule has 1 unspecified atom stereocenters. The van der Waals surface area contributed by atoms with Gasteiger partial charge in [0, 0.05) is 24.6 Å². The Labute approximate surface area is 184 Å². The Bertz CT molecular complexity index is 990. The van der Waals surface area contributed by atoms with Crippen LogP contribution in [0.1, 0.15) is 35.2 Å². The zero-order chi connectivity index (χ0) is 21.6. The van der Waals surface area contributed by atoms with E-state index in [1.54, 1.807) is 7.11 Å². The van der Waals surface area contributed by atoms with Gasteiger partial charge < -0.3 is 9.47 Å². The Kier molecular flexibility index (Phi) is 6.68. The van der Waals surface area contributed by atoms with Crippen LogP contribution in [0, 0.1) is 0 Å². The average molecular weight is 416 g/mol. The van der Waals surface area contributed by atoms with Gasteiger partial charge in [0.05, 0.1) is 13.2 Å². The predicted octanol–water partition coefficient (Wildman–Crippen LogP) is 5.20. The molecule has 4 nitrogen and oxygen atoms in total. The summed E-state index contributed by atoms with van der Waals surface area (Å²) in [6, 6.07) is 27.7. The van der Waals surface area contributed by atoms with E-state index in [1.807, 2.05) is 67.6 Å². The van der Waals surface area contributed by atoms with Crippen LogP contribution in [0.2, 0.25) is 0 Å². The number of Topliss-reactive ketones (excluding diaryl/α,β-unsaturated/α-hetero) is 1. The van der Waals surface area contributed by atoms with Crippen molar-refractivity contribution in [3.8, 4) is 11.5 Å². The van der Waals surface area contributed by atoms with E-state index in [1.165, 1.54) is 5.56 Å². The molecule has 0 bridgehead atoms. The molecule has 4 heteroatoms. The molecular formula is C27H29NO3. The maximum atomic E-state index is 13.2. The Morgan fingerprint density at radius 3 is 2.32 bits per heavy atom. The van der Waals surface area contributed by atoms with Crippen molar-refractivity contribution in [3.05, 3.63) is 96.1 Å². The number of piperidine rings is 1. The number of hydrogen-bond acceptors (Lipinski definition) is 4. The molecule has 0 aromatic heterocycles. The van der Waals surface area contributed by atoms with Gasteiger partial charge in [0.25, 0.3) is 0 Å². The Morgan fingerprint density at radius 2 is 1.61 bits per heavy atom. The molecule has 0 spiro atoms. The summed E-state index contributed by atoms with van der Waals surface area (Å²) < 4.78 is 11.7. The summed E-state index contributed by atoms with van der Waals surface area (Å²) in [4.78, 5) is 15.5. The molecule has 1 fully saturated rings. The van der Waals surface area contributed by atoms with Crippen molar-refractivity contribution in [3.63, 3.8) is 0 Å². The Morgan fingerprint density at radius 1 is 0.935 bits per heavy atom. The average Bonchev–Trinajstić information content (AvgIpc) is 2.84. The van der Waals surface area contributed by atoms with Crippen molar-refractivity contribution >= 4 is 5.78 Å². The quantitative estimate of drug-likeness (QED) is 0.497. The first-order chi connectivity index (χ1) is 15.2. The second-order valence-electron chi connectivity index (χ2n) is 8.04. The normalized spacial score (nSPS) is 20.1. The van der Waals surface area contributed by atoms with Gasteiger partial charge in [0.1, 0.15) is 17.6 Å². The molecule has 1 heterocycles. The van der Waals surface area contributed by atoms with Gasteiger partial charge in [-0.15, -0.1) is 0 Å². The van der Waals surface area contributed by atoms with Gasteiger partial charge in [-0.2, -0.15) is 0 Å². The highest BCUT2D eigenvalue weighted by Crippen LogP contribution is 2.32. The monoisotopic (exact) mass is 415 g/mol. The third kappa shape index (κ3) is 4.97. The molecule has 3 aromatic rings. The molecular weight excluding hydrogens is 386 g/mol. The number of carbonyl (C=O) groups excluding carboxylic acids is 1. The van der Waals surface area contributed by atoms with Crippen molar-refractivity contribution in [2.24, 2.45) is 0 Å². The number of ketones is 1. The first kappa shape index (κ1) is 21.1. The number of ether oxygens (including phenoxy) is 2. The summed E-state index contributed by atoms with van der Waals surface area (Å²) in [5, 5.41) is 0. The Balaban J connectivity index is 1.53. The third-order valence-corrected chi connectivity index (χ3v) is 6.12. The van der Waals surface area contributed by atoms with Crippen LogP contribution in [0.5, 0.6) is 11.5 Å². The lowest BCUT2D eigenvalue weighted by molar-refractivity contribution is 0.0509. The second-order valence-corrected chi connectivity index (χ2v) is 8.04. The van der Waals surface area contributed by atoms with Crippen molar-refractivity contribution in [2.75, 3.05) is 20.2 Å². The number of rotatable bonds is 7. The van der Waals surface area contributed by atoms with E-state index in [0.29, 0.717) is 11.3 Å². The van der Waals surface area contributed by atoms with Crippen LogP contribution in [-0.4, -0.2) is 43.0 Å². The highest BCUT2D eigenvalue weighted by Gasteiger charge is 2.35. The lowest BCUT2D eigenvalue weighted by Crippen LogP contribution is -2.50. The lowest BCUT2D eigenvalue weighted by atomic mass is 9.86.